The fourth-order valence-electron chi connectivity index (χ4n) is 4.26. The average molecular weight is 514 g/mol. The number of sulfone groups is 1. The lowest BCUT2D eigenvalue weighted by atomic mass is 9.93. The van der Waals surface area contributed by atoms with Gasteiger partial charge in [0, 0.05) is 18.1 Å². The van der Waals surface area contributed by atoms with E-state index in [0.717, 1.165) is 28.7 Å². The van der Waals surface area contributed by atoms with Gasteiger partial charge in [-0.3, -0.25) is 4.55 Å². The van der Waals surface area contributed by atoms with Gasteiger partial charge in [0.1, 0.15) is 30.2 Å². The molecule has 1 aliphatic rings. The topological polar surface area (TPSA) is 128 Å². The number of halogens is 2. The molecule has 0 spiro atoms. The first-order chi connectivity index (χ1) is 15.9. The number of benzene rings is 2. The molecule has 0 aliphatic carbocycles. The smallest absolute Gasteiger partial charge is 0.294 e. The van der Waals surface area contributed by atoms with Crippen LogP contribution in [0.15, 0.2) is 53.9 Å². The first kappa shape index (κ1) is 24.4. The van der Waals surface area contributed by atoms with Gasteiger partial charge in [0.15, 0.2) is 4.93 Å². The van der Waals surface area contributed by atoms with E-state index >= 15 is 0 Å². The van der Waals surface area contributed by atoms with Crippen LogP contribution < -0.4 is 0 Å². The fourth-order valence-corrected chi connectivity index (χ4v) is 6.90. The van der Waals surface area contributed by atoms with E-state index in [4.69, 9.17) is 4.74 Å². The van der Waals surface area contributed by atoms with Gasteiger partial charge in [0.25, 0.3) is 10.1 Å². The molecule has 2 heterocycles. The van der Waals surface area contributed by atoms with Crippen molar-refractivity contribution in [1.82, 2.24) is 14.8 Å². The maximum Gasteiger partial charge on any atom is 0.294 e. The highest BCUT2D eigenvalue weighted by Gasteiger charge is 2.54. The Bertz CT molecular complexity index is 1430. The van der Waals surface area contributed by atoms with E-state index in [1.54, 1.807) is 13.0 Å². The molecule has 2 atom stereocenters. The van der Waals surface area contributed by atoms with E-state index in [2.05, 4.69) is 10.1 Å². The van der Waals surface area contributed by atoms with Gasteiger partial charge in [0.05, 0.1) is 11.5 Å². The maximum atomic E-state index is 14.9. The second-order valence-corrected chi connectivity index (χ2v) is 11.8. The molecule has 1 saturated heterocycles. The van der Waals surface area contributed by atoms with Crippen molar-refractivity contribution in [2.24, 2.45) is 5.92 Å². The second-order valence-electron chi connectivity index (χ2n) is 8.23. The molecule has 1 N–H and O–H groups in total. The predicted molar refractivity (Wildman–Crippen MR) is 116 cm³/mol. The van der Waals surface area contributed by atoms with E-state index in [9.17, 15) is 30.2 Å². The van der Waals surface area contributed by atoms with Crippen LogP contribution in [0, 0.1) is 24.5 Å². The van der Waals surface area contributed by atoms with Crippen LogP contribution in [0.3, 0.4) is 0 Å². The van der Waals surface area contributed by atoms with Crippen LogP contribution in [0.1, 0.15) is 23.1 Å². The van der Waals surface area contributed by atoms with Crippen molar-refractivity contribution < 1.29 is 34.9 Å². The molecule has 4 rings (SSSR count). The van der Waals surface area contributed by atoms with Crippen LogP contribution in [-0.4, -0.2) is 42.8 Å². The first-order valence-corrected chi connectivity index (χ1v) is 13.2. The lowest BCUT2D eigenvalue weighted by Gasteiger charge is -2.29. The van der Waals surface area contributed by atoms with Gasteiger partial charge in [-0.15, -0.1) is 0 Å². The molecule has 0 radical (unpaired) electrons. The van der Waals surface area contributed by atoms with E-state index in [0.29, 0.717) is 6.07 Å². The molecule has 34 heavy (non-hydrogen) atoms. The molecular formula is C21H21F2N3O6S2. The predicted octanol–water partition coefficient (Wildman–Crippen LogP) is 2.62. The van der Waals surface area contributed by atoms with Crippen LogP contribution in [0.25, 0.3) is 0 Å². The Morgan fingerprint density at radius 2 is 1.94 bits per heavy atom. The Morgan fingerprint density at radius 1 is 1.18 bits per heavy atom. The largest absolute Gasteiger partial charge is 0.354 e. The number of aromatic nitrogens is 3. The summed E-state index contributed by atoms with van der Waals surface area (Å²) in [6, 6.07) is 6.92. The van der Waals surface area contributed by atoms with Gasteiger partial charge in [-0.2, -0.15) is 13.5 Å². The Balaban J connectivity index is 1.75. The molecule has 0 amide bonds. The standard InChI is InChI=1S/C21H21F2N3O6S2/c1-14-2-5-20(34(29,30)31)16(6-14)7-15-9-21(32-10-15,18-4-3-17(22)8-19(18)23)33(27,28)13-26-12-24-11-25-26/h2-6,8,11-12,15H,7,9-10,13H2,1H3,(H,29,30,31)/t15-,21+/m0/s1. The molecule has 13 heteroatoms. The lowest BCUT2D eigenvalue weighted by Crippen LogP contribution is -2.38. The van der Waals surface area contributed by atoms with Crippen LogP contribution in [-0.2, 0) is 41.9 Å². The Morgan fingerprint density at radius 3 is 2.59 bits per heavy atom. The van der Waals surface area contributed by atoms with E-state index < -0.39 is 48.3 Å². The van der Waals surface area contributed by atoms with Crippen LogP contribution in [0.2, 0.25) is 0 Å². The van der Waals surface area contributed by atoms with Crippen LogP contribution >= 0.6 is 0 Å². The van der Waals surface area contributed by atoms with Gasteiger partial charge in [0.2, 0.25) is 9.84 Å². The van der Waals surface area contributed by atoms with E-state index in [1.165, 1.54) is 18.5 Å². The van der Waals surface area contributed by atoms with Gasteiger partial charge < -0.3 is 4.74 Å². The molecule has 182 valence electrons. The average Bonchev–Trinajstić information content (AvgIpc) is 3.37. The number of hydrogen-bond donors (Lipinski definition) is 1. The fraction of sp³-hybridized carbons (Fsp3) is 0.333. The summed E-state index contributed by atoms with van der Waals surface area (Å²) in [5.41, 5.74) is 0.659. The first-order valence-electron chi connectivity index (χ1n) is 10.1. The highest BCUT2D eigenvalue weighted by Crippen LogP contribution is 2.46. The number of nitrogens with zero attached hydrogens (tertiary/aromatic N) is 3. The Kier molecular flexibility index (Phi) is 6.31. The summed E-state index contributed by atoms with van der Waals surface area (Å²) >= 11 is 0. The molecule has 0 bridgehead atoms. The number of rotatable bonds is 7. The number of aryl methyl sites for hydroxylation is 1. The molecule has 1 aromatic heterocycles. The summed E-state index contributed by atoms with van der Waals surface area (Å²) in [7, 11) is -8.82. The minimum atomic E-state index is -4.53. The SMILES string of the molecule is Cc1ccc(S(=O)(=O)O)c(C[C@@H]2CO[C@@](c3ccc(F)cc3F)(S(=O)(=O)Cn3cncn3)C2)c1. The van der Waals surface area contributed by atoms with Crippen molar-refractivity contribution in [1.29, 1.82) is 0 Å². The molecular weight excluding hydrogens is 492 g/mol. The third-order valence-electron chi connectivity index (χ3n) is 5.72. The van der Waals surface area contributed by atoms with Gasteiger partial charge >= 0.3 is 0 Å². The quantitative estimate of drug-likeness (QED) is 0.478. The minimum absolute atomic E-state index is 0.0419. The molecule has 0 saturated carbocycles. The monoisotopic (exact) mass is 513 g/mol. The van der Waals surface area contributed by atoms with Crippen molar-refractivity contribution in [3.8, 4) is 0 Å². The van der Waals surface area contributed by atoms with Gasteiger partial charge in [-0.1, -0.05) is 17.7 Å². The summed E-state index contributed by atoms with van der Waals surface area (Å²) < 4.78 is 95.6. The molecule has 2 aromatic carbocycles. The summed E-state index contributed by atoms with van der Waals surface area (Å²) in [4.78, 5) is 1.25. The van der Waals surface area contributed by atoms with Crippen molar-refractivity contribution in [2.75, 3.05) is 6.61 Å². The second kappa shape index (κ2) is 8.80. The van der Waals surface area contributed by atoms with Crippen LogP contribution in [0.5, 0.6) is 0 Å². The minimum Gasteiger partial charge on any atom is -0.354 e. The van der Waals surface area contributed by atoms with E-state index in [-0.39, 0.29) is 35.5 Å². The maximum absolute atomic E-state index is 14.9. The molecule has 3 aromatic rings. The van der Waals surface area contributed by atoms with Crippen molar-refractivity contribution in [3.63, 3.8) is 0 Å². The van der Waals surface area contributed by atoms with Crippen molar-refractivity contribution in [3.05, 3.63) is 77.4 Å². The Hall–Kier alpha value is -2.74. The van der Waals surface area contributed by atoms with Crippen molar-refractivity contribution in [2.45, 2.75) is 35.5 Å². The lowest BCUT2D eigenvalue weighted by molar-refractivity contribution is 0.0644. The third-order valence-corrected chi connectivity index (χ3v) is 8.79. The zero-order valence-corrected chi connectivity index (χ0v) is 19.6. The Labute approximate surface area is 195 Å². The zero-order chi connectivity index (χ0) is 24.7. The highest BCUT2D eigenvalue weighted by molar-refractivity contribution is 7.91. The number of ether oxygens (including phenoxy) is 1. The van der Waals surface area contributed by atoms with E-state index in [1.807, 2.05) is 0 Å². The molecule has 1 fully saturated rings. The summed E-state index contributed by atoms with van der Waals surface area (Å²) in [6.45, 7) is 1.59. The summed E-state index contributed by atoms with van der Waals surface area (Å²) in [5.74, 6) is -3.19. The normalized spacial score (nSPS) is 21.1. The van der Waals surface area contributed by atoms with Gasteiger partial charge in [-0.05, 0) is 43.0 Å². The molecule has 9 nitrogen and oxygen atoms in total. The number of hydrogen-bond acceptors (Lipinski definition) is 7. The summed E-state index contributed by atoms with van der Waals surface area (Å²) in [6.07, 6.45) is 2.14. The van der Waals surface area contributed by atoms with Crippen LogP contribution in [0.4, 0.5) is 8.78 Å². The van der Waals surface area contributed by atoms with Gasteiger partial charge in [-0.25, -0.2) is 26.9 Å². The van der Waals surface area contributed by atoms with Crippen molar-refractivity contribution >= 4 is 20.0 Å². The molecule has 0 unspecified atom stereocenters. The third kappa shape index (κ3) is 4.60. The highest BCUT2D eigenvalue weighted by atomic mass is 32.2. The summed E-state index contributed by atoms with van der Waals surface area (Å²) in [5, 5.41) is 3.79. The molecule has 1 aliphatic heterocycles. The zero-order valence-electron chi connectivity index (χ0n) is 17.9.